The number of likely N-dealkylation sites (tertiary alicyclic amines) is 1. The maximum Gasteiger partial charge on any atom is 0.324 e. The van der Waals surface area contributed by atoms with Crippen molar-refractivity contribution in [3.05, 3.63) is 35.9 Å². The number of nitrogens with zero attached hydrogens (tertiary/aromatic N) is 2. The minimum absolute atomic E-state index is 0. The molecule has 1 saturated heterocycles. The summed E-state index contributed by atoms with van der Waals surface area (Å²) in [4.78, 5) is 13.9. The van der Waals surface area contributed by atoms with Gasteiger partial charge in [-0.05, 0) is 43.8 Å². The van der Waals surface area contributed by atoms with Crippen molar-refractivity contribution in [1.29, 1.82) is 5.26 Å². The van der Waals surface area contributed by atoms with Gasteiger partial charge in [0.2, 0.25) is 0 Å². The molecule has 0 aromatic heterocycles. The predicted octanol–water partition coefficient (Wildman–Crippen LogP) is 3.32. The lowest BCUT2D eigenvalue weighted by atomic mass is 9.70. The van der Waals surface area contributed by atoms with Gasteiger partial charge in [0.1, 0.15) is 0 Å². The van der Waals surface area contributed by atoms with Gasteiger partial charge in [0, 0.05) is 6.54 Å². The molecule has 2 rings (SSSR count). The molecule has 1 aliphatic rings. The SMILES string of the molecule is CCC(C#N)(C(=O)O)C1CCN(Cc2ccccc2)CC1.Cl. The molecule has 0 bridgehead atoms. The molecule has 1 N–H and O–H groups in total. The van der Waals surface area contributed by atoms with Crippen molar-refractivity contribution in [3.8, 4) is 6.07 Å². The molecular formula is C17H23ClN2O2. The van der Waals surface area contributed by atoms with Crippen LogP contribution in [-0.4, -0.2) is 29.1 Å². The Balaban J connectivity index is 0.00000242. The highest BCUT2D eigenvalue weighted by Crippen LogP contribution is 2.38. The van der Waals surface area contributed by atoms with Gasteiger partial charge in [-0.3, -0.25) is 9.69 Å². The number of carboxylic acids is 1. The van der Waals surface area contributed by atoms with Gasteiger partial charge >= 0.3 is 5.97 Å². The molecule has 1 aromatic rings. The standard InChI is InChI=1S/C17H22N2O2.ClH/c1-2-17(13-18,16(20)21)15-8-10-19(11-9-15)12-14-6-4-3-5-7-14;/h3-7,15H,2,8-12H2,1H3,(H,20,21);1H. The van der Waals surface area contributed by atoms with Crippen LogP contribution in [0.2, 0.25) is 0 Å². The molecule has 120 valence electrons. The Kier molecular flexibility index (Phi) is 6.86. The van der Waals surface area contributed by atoms with Gasteiger partial charge in [-0.15, -0.1) is 12.4 Å². The molecule has 1 aliphatic heterocycles. The summed E-state index contributed by atoms with van der Waals surface area (Å²) in [7, 11) is 0. The summed E-state index contributed by atoms with van der Waals surface area (Å²) in [5, 5.41) is 18.8. The van der Waals surface area contributed by atoms with E-state index in [1.54, 1.807) is 6.92 Å². The number of rotatable bonds is 5. The topological polar surface area (TPSA) is 64.3 Å². The average Bonchev–Trinajstić information content (AvgIpc) is 2.51. The first kappa shape index (κ1) is 18.5. The van der Waals surface area contributed by atoms with E-state index >= 15 is 0 Å². The molecule has 1 atom stereocenters. The zero-order valence-electron chi connectivity index (χ0n) is 12.9. The molecule has 4 nitrogen and oxygen atoms in total. The maximum absolute atomic E-state index is 11.5. The summed E-state index contributed by atoms with van der Waals surface area (Å²) in [5.74, 6) is -1.01. The van der Waals surface area contributed by atoms with Crippen LogP contribution >= 0.6 is 12.4 Å². The summed E-state index contributed by atoms with van der Waals surface area (Å²) in [6.45, 7) is 4.41. The minimum atomic E-state index is -1.21. The molecule has 1 fully saturated rings. The first-order chi connectivity index (χ1) is 10.1. The van der Waals surface area contributed by atoms with Crippen LogP contribution in [0.15, 0.2) is 30.3 Å². The molecule has 1 unspecified atom stereocenters. The zero-order valence-corrected chi connectivity index (χ0v) is 13.7. The number of nitriles is 1. The maximum atomic E-state index is 11.5. The van der Waals surface area contributed by atoms with Crippen molar-refractivity contribution in [2.75, 3.05) is 13.1 Å². The van der Waals surface area contributed by atoms with E-state index in [4.69, 9.17) is 0 Å². The summed E-state index contributed by atoms with van der Waals surface area (Å²) in [6.07, 6.45) is 1.93. The van der Waals surface area contributed by atoms with Gasteiger partial charge < -0.3 is 5.11 Å². The van der Waals surface area contributed by atoms with Crippen molar-refractivity contribution >= 4 is 18.4 Å². The van der Waals surface area contributed by atoms with Crippen LogP contribution in [0.3, 0.4) is 0 Å². The van der Waals surface area contributed by atoms with Gasteiger partial charge in [0.15, 0.2) is 5.41 Å². The smallest absolute Gasteiger partial charge is 0.324 e. The normalized spacial score (nSPS) is 18.7. The fourth-order valence-electron chi connectivity index (χ4n) is 3.26. The number of halogens is 1. The second-order valence-corrected chi connectivity index (χ2v) is 5.78. The van der Waals surface area contributed by atoms with Crippen LogP contribution in [0.4, 0.5) is 0 Å². The highest BCUT2D eigenvalue weighted by atomic mass is 35.5. The number of hydrogen-bond donors (Lipinski definition) is 1. The Bertz CT molecular complexity index is 521. The Hall–Kier alpha value is -1.57. The van der Waals surface area contributed by atoms with Crippen LogP contribution in [0.25, 0.3) is 0 Å². The number of carboxylic acid groups (broad SMARTS) is 1. The zero-order chi connectivity index (χ0) is 15.3. The molecular weight excluding hydrogens is 300 g/mol. The van der Waals surface area contributed by atoms with Gasteiger partial charge in [-0.2, -0.15) is 5.26 Å². The molecule has 5 heteroatoms. The number of piperidine rings is 1. The van der Waals surface area contributed by atoms with Crippen molar-refractivity contribution in [1.82, 2.24) is 4.90 Å². The van der Waals surface area contributed by atoms with E-state index in [0.29, 0.717) is 6.42 Å². The van der Waals surface area contributed by atoms with Crippen LogP contribution in [0, 0.1) is 22.7 Å². The van der Waals surface area contributed by atoms with E-state index in [0.717, 1.165) is 32.5 Å². The number of benzene rings is 1. The first-order valence-corrected chi connectivity index (χ1v) is 7.53. The molecule has 0 aliphatic carbocycles. The fraction of sp³-hybridized carbons (Fsp3) is 0.529. The molecule has 0 radical (unpaired) electrons. The van der Waals surface area contributed by atoms with E-state index < -0.39 is 11.4 Å². The van der Waals surface area contributed by atoms with E-state index in [9.17, 15) is 15.2 Å². The van der Waals surface area contributed by atoms with E-state index in [-0.39, 0.29) is 18.3 Å². The first-order valence-electron chi connectivity index (χ1n) is 7.53. The van der Waals surface area contributed by atoms with E-state index in [2.05, 4.69) is 23.1 Å². The molecule has 0 spiro atoms. The summed E-state index contributed by atoms with van der Waals surface area (Å²) in [5.41, 5.74) is 0.0648. The summed E-state index contributed by atoms with van der Waals surface area (Å²) >= 11 is 0. The third-order valence-corrected chi connectivity index (χ3v) is 4.67. The minimum Gasteiger partial charge on any atom is -0.480 e. The second kappa shape index (κ2) is 8.17. The van der Waals surface area contributed by atoms with Crippen molar-refractivity contribution < 1.29 is 9.90 Å². The quantitative estimate of drug-likeness (QED) is 0.903. The molecule has 22 heavy (non-hydrogen) atoms. The van der Waals surface area contributed by atoms with Crippen LogP contribution in [-0.2, 0) is 11.3 Å². The van der Waals surface area contributed by atoms with Crippen LogP contribution < -0.4 is 0 Å². The lowest BCUT2D eigenvalue weighted by molar-refractivity contribution is -0.149. The fourth-order valence-corrected chi connectivity index (χ4v) is 3.26. The van der Waals surface area contributed by atoms with E-state index in [1.807, 2.05) is 18.2 Å². The number of hydrogen-bond acceptors (Lipinski definition) is 3. The lowest BCUT2D eigenvalue weighted by Gasteiger charge is -2.38. The van der Waals surface area contributed by atoms with Gasteiger partial charge in [0.05, 0.1) is 6.07 Å². The summed E-state index contributed by atoms with van der Waals surface area (Å²) in [6, 6.07) is 12.4. The number of carbonyl (C=O) groups is 1. The number of aliphatic carboxylic acids is 1. The monoisotopic (exact) mass is 322 g/mol. The van der Waals surface area contributed by atoms with Crippen molar-refractivity contribution in [2.45, 2.75) is 32.7 Å². The molecule has 0 amide bonds. The van der Waals surface area contributed by atoms with Gasteiger partial charge in [-0.25, -0.2) is 0 Å². The molecule has 1 aromatic carbocycles. The summed E-state index contributed by atoms with van der Waals surface area (Å²) < 4.78 is 0. The van der Waals surface area contributed by atoms with Gasteiger partial charge in [-0.1, -0.05) is 37.3 Å². The third-order valence-electron chi connectivity index (χ3n) is 4.67. The molecule has 1 heterocycles. The van der Waals surface area contributed by atoms with Gasteiger partial charge in [0.25, 0.3) is 0 Å². The largest absolute Gasteiger partial charge is 0.480 e. The van der Waals surface area contributed by atoms with Crippen molar-refractivity contribution in [3.63, 3.8) is 0 Å². The van der Waals surface area contributed by atoms with Crippen molar-refractivity contribution in [2.24, 2.45) is 11.3 Å². The van der Waals surface area contributed by atoms with E-state index in [1.165, 1.54) is 5.56 Å². The highest BCUT2D eigenvalue weighted by Gasteiger charge is 2.45. The third kappa shape index (κ3) is 3.79. The Morgan fingerprint density at radius 2 is 1.95 bits per heavy atom. The highest BCUT2D eigenvalue weighted by molar-refractivity contribution is 5.85. The predicted molar refractivity (Wildman–Crippen MR) is 87.7 cm³/mol. The Morgan fingerprint density at radius 1 is 1.36 bits per heavy atom. The Labute approximate surface area is 138 Å². The second-order valence-electron chi connectivity index (χ2n) is 5.78. The van der Waals surface area contributed by atoms with Crippen LogP contribution in [0.5, 0.6) is 0 Å². The molecule has 0 saturated carbocycles. The average molecular weight is 323 g/mol. The van der Waals surface area contributed by atoms with Crippen LogP contribution in [0.1, 0.15) is 31.7 Å². The Morgan fingerprint density at radius 3 is 2.41 bits per heavy atom. The lowest BCUT2D eigenvalue weighted by Crippen LogP contribution is -2.44.